The zero-order valence-electron chi connectivity index (χ0n) is 15.7. The van der Waals surface area contributed by atoms with Crippen LogP contribution in [0.1, 0.15) is 22.7 Å². The first kappa shape index (κ1) is 18.2. The lowest BCUT2D eigenvalue weighted by Gasteiger charge is -2.25. The van der Waals surface area contributed by atoms with Crippen LogP contribution >= 0.6 is 0 Å². The maximum Gasteiger partial charge on any atom is 0.224 e. The summed E-state index contributed by atoms with van der Waals surface area (Å²) in [4.78, 5) is 14.7. The average Bonchev–Trinajstić information content (AvgIpc) is 2.63. The molecule has 0 fully saturated rings. The van der Waals surface area contributed by atoms with Crippen LogP contribution in [0.3, 0.4) is 0 Å². The van der Waals surface area contributed by atoms with Gasteiger partial charge in [-0.1, -0.05) is 72.3 Å². The van der Waals surface area contributed by atoms with Gasteiger partial charge in [0, 0.05) is 6.54 Å². The van der Waals surface area contributed by atoms with Crippen molar-refractivity contribution in [1.82, 2.24) is 10.2 Å². The van der Waals surface area contributed by atoms with Crippen molar-refractivity contribution in [2.45, 2.75) is 19.4 Å². The Bertz CT molecular complexity index is 879. The van der Waals surface area contributed by atoms with E-state index in [-0.39, 0.29) is 11.9 Å². The number of fused-ring (bicyclic) bond motifs is 1. The van der Waals surface area contributed by atoms with Gasteiger partial charge >= 0.3 is 0 Å². The van der Waals surface area contributed by atoms with Crippen molar-refractivity contribution in [3.8, 4) is 0 Å². The lowest BCUT2D eigenvalue weighted by molar-refractivity contribution is -0.120. The molecule has 0 aliphatic carbocycles. The van der Waals surface area contributed by atoms with E-state index in [9.17, 15) is 4.79 Å². The van der Waals surface area contributed by atoms with Crippen LogP contribution in [-0.4, -0.2) is 31.4 Å². The Morgan fingerprint density at radius 1 is 0.962 bits per heavy atom. The van der Waals surface area contributed by atoms with Crippen LogP contribution in [0.25, 0.3) is 10.8 Å². The molecular formula is C23H26N2O. The van der Waals surface area contributed by atoms with E-state index in [1.165, 1.54) is 16.5 Å². The van der Waals surface area contributed by atoms with Crippen molar-refractivity contribution in [1.29, 1.82) is 0 Å². The number of rotatable bonds is 6. The van der Waals surface area contributed by atoms with Gasteiger partial charge in [-0.15, -0.1) is 0 Å². The molecule has 3 aromatic carbocycles. The van der Waals surface area contributed by atoms with Crippen LogP contribution in [0, 0.1) is 6.92 Å². The molecule has 0 saturated carbocycles. The monoisotopic (exact) mass is 346 g/mol. The van der Waals surface area contributed by atoms with Gasteiger partial charge in [0.25, 0.3) is 0 Å². The third-order valence-electron chi connectivity index (χ3n) is 4.81. The summed E-state index contributed by atoms with van der Waals surface area (Å²) in [5.74, 6) is 0.0558. The Morgan fingerprint density at radius 3 is 2.38 bits per heavy atom. The first-order valence-electron chi connectivity index (χ1n) is 9.01. The Morgan fingerprint density at radius 2 is 1.65 bits per heavy atom. The Balaban J connectivity index is 1.68. The van der Waals surface area contributed by atoms with Crippen molar-refractivity contribution in [3.05, 3.63) is 83.4 Å². The van der Waals surface area contributed by atoms with Gasteiger partial charge < -0.3 is 10.2 Å². The van der Waals surface area contributed by atoms with Crippen molar-refractivity contribution in [2.75, 3.05) is 20.6 Å². The normalized spacial score (nSPS) is 12.3. The van der Waals surface area contributed by atoms with Crippen LogP contribution in [0.15, 0.2) is 66.7 Å². The number of likely N-dealkylation sites (N-methyl/N-ethyl adjacent to an activating group) is 1. The molecule has 26 heavy (non-hydrogen) atoms. The second kappa shape index (κ2) is 8.15. The highest BCUT2D eigenvalue weighted by molar-refractivity contribution is 5.90. The van der Waals surface area contributed by atoms with Gasteiger partial charge in [0.2, 0.25) is 5.91 Å². The molecular weight excluding hydrogens is 320 g/mol. The summed E-state index contributed by atoms with van der Waals surface area (Å²) in [5.41, 5.74) is 3.52. The molecule has 1 N–H and O–H groups in total. The molecule has 134 valence electrons. The minimum atomic E-state index is 0.0558. The molecule has 0 aliphatic heterocycles. The number of carbonyl (C=O) groups excluding carboxylic acids is 1. The van der Waals surface area contributed by atoms with Crippen molar-refractivity contribution >= 4 is 16.7 Å². The number of nitrogens with one attached hydrogen (secondary N) is 1. The summed E-state index contributed by atoms with van der Waals surface area (Å²) >= 11 is 0. The number of aryl methyl sites for hydroxylation is 1. The number of nitrogens with zero attached hydrogens (tertiary/aromatic N) is 1. The van der Waals surface area contributed by atoms with Gasteiger partial charge in [0.05, 0.1) is 12.5 Å². The highest BCUT2D eigenvalue weighted by atomic mass is 16.1. The molecule has 3 rings (SSSR count). The van der Waals surface area contributed by atoms with Crippen LogP contribution in [0.2, 0.25) is 0 Å². The number of amides is 1. The fourth-order valence-corrected chi connectivity index (χ4v) is 3.28. The second-order valence-electron chi connectivity index (χ2n) is 7.01. The van der Waals surface area contributed by atoms with Gasteiger partial charge in [-0.3, -0.25) is 4.79 Å². The van der Waals surface area contributed by atoms with Crippen molar-refractivity contribution in [2.24, 2.45) is 0 Å². The Labute approximate surface area is 155 Å². The third-order valence-corrected chi connectivity index (χ3v) is 4.81. The van der Waals surface area contributed by atoms with Gasteiger partial charge in [-0.2, -0.15) is 0 Å². The number of hydrogen-bond acceptors (Lipinski definition) is 2. The smallest absolute Gasteiger partial charge is 0.224 e. The van der Waals surface area contributed by atoms with Gasteiger partial charge in [-0.25, -0.2) is 0 Å². The standard InChI is InChI=1S/C23H26N2O/c1-17-11-13-19(14-12-17)22(25(2)3)16-24-23(26)15-20-9-6-8-18-7-4-5-10-21(18)20/h4-14,22H,15-16H2,1-3H3,(H,24,26)/t22-/m0/s1. The molecule has 0 radical (unpaired) electrons. The summed E-state index contributed by atoms with van der Waals surface area (Å²) in [6.45, 7) is 2.68. The SMILES string of the molecule is Cc1ccc([C@H](CNC(=O)Cc2cccc3ccccc23)N(C)C)cc1. The predicted octanol–water partition coefficient (Wildman–Crippen LogP) is 4.11. The highest BCUT2D eigenvalue weighted by Gasteiger charge is 2.15. The van der Waals surface area contributed by atoms with E-state index in [1.807, 2.05) is 38.4 Å². The van der Waals surface area contributed by atoms with E-state index in [4.69, 9.17) is 0 Å². The van der Waals surface area contributed by atoms with E-state index in [0.29, 0.717) is 13.0 Å². The third kappa shape index (κ3) is 4.30. The van der Waals surface area contributed by atoms with Gasteiger partial charge in [0.15, 0.2) is 0 Å². The molecule has 0 saturated heterocycles. The Hall–Kier alpha value is -2.65. The second-order valence-corrected chi connectivity index (χ2v) is 7.01. The molecule has 0 heterocycles. The molecule has 3 nitrogen and oxygen atoms in total. The quantitative estimate of drug-likeness (QED) is 0.728. The molecule has 0 spiro atoms. The largest absolute Gasteiger partial charge is 0.354 e. The fraction of sp³-hybridized carbons (Fsp3) is 0.261. The minimum Gasteiger partial charge on any atom is -0.354 e. The van der Waals surface area contributed by atoms with E-state index in [0.717, 1.165) is 10.9 Å². The van der Waals surface area contributed by atoms with E-state index in [1.54, 1.807) is 0 Å². The first-order chi connectivity index (χ1) is 12.5. The maximum atomic E-state index is 12.5. The van der Waals surface area contributed by atoms with E-state index >= 15 is 0 Å². The zero-order valence-corrected chi connectivity index (χ0v) is 15.7. The average molecular weight is 346 g/mol. The van der Waals surface area contributed by atoms with E-state index in [2.05, 4.69) is 59.6 Å². The van der Waals surface area contributed by atoms with Crippen LogP contribution in [-0.2, 0) is 11.2 Å². The predicted molar refractivity (Wildman–Crippen MR) is 108 cm³/mol. The molecule has 1 atom stereocenters. The summed E-state index contributed by atoms with van der Waals surface area (Å²) in [7, 11) is 4.09. The summed E-state index contributed by atoms with van der Waals surface area (Å²) in [5, 5.41) is 5.43. The number of hydrogen-bond donors (Lipinski definition) is 1. The number of benzene rings is 3. The number of carbonyl (C=O) groups is 1. The summed E-state index contributed by atoms with van der Waals surface area (Å²) in [6, 6.07) is 23.0. The van der Waals surface area contributed by atoms with Crippen LogP contribution in [0.5, 0.6) is 0 Å². The molecule has 0 unspecified atom stereocenters. The zero-order chi connectivity index (χ0) is 18.5. The summed E-state index contributed by atoms with van der Waals surface area (Å²) in [6.07, 6.45) is 0.398. The van der Waals surface area contributed by atoms with Crippen LogP contribution < -0.4 is 5.32 Å². The molecule has 0 aromatic heterocycles. The topological polar surface area (TPSA) is 32.3 Å². The molecule has 3 aromatic rings. The molecule has 0 aliphatic rings. The van der Waals surface area contributed by atoms with Gasteiger partial charge in [-0.05, 0) is 42.9 Å². The first-order valence-corrected chi connectivity index (χ1v) is 9.01. The molecule has 0 bridgehead atoms. The highest BCUT2D eigenvalue weighted by Crippen LogP contribution is 2.20. The minimum absolute atomic E-state index is 0.0558. The maximum absolute atomic E-state index is 12.5. The van der Waals surface area contributed by atoms with Crippen LogP contribution in [0.4, 0.5) is 0 Å². The summed E-state index contributed by atoms with van der Waals surface area (Å²) < 4.78 is 0. The van der Waals surface area contributed by atoms with Gasteiger partial charge in [0.1, 0.15) is 0 Å². The molecule has 3 heteroatoms. The van der Waals surface area contributed by atoms with Crippen molar-refractivity contribution < 1.29 is 4.79 Å². The Kier molecular flexibility index (Phi) is 5.69. The molecule has 1 amide bonds. The lowest BCUT2D eigenvalue weighted by atomic mass is 10.0. The van der Waals surface area contributed by atoms with Crippen molar-refractivity contribution in [3.63, 3.8) is 0 Å². The van der Waals surface area contributed by atoms with E-state index < -0.39 is 0 Å². The lowest BCUT2D eigenvalue weighted by Crippen LogP contribution is -2.35. The fourth-order valence-electron chi connectivity index (χ4n) is 3.28.